The van der Waals surface area contributed by atoms with Crippen LogP contribution >= 0.6 is 0 Å². The van der Waals surface area contributed by atoms with E-state index in [1.54, 1.807) is 4.90 Å². The molecule has 2 aliphatic rings. The lowest BCUT2D eigenvalue weighted by molar-refractivity contribution is -0.148. The molecular weight excluding hydrogens is 294 g/mol. The van der Waals surface area contributed by atoms with Gasteiger partial charge in [0, 0.05) is 24.6 Å². The molecular formula is C17H25N3O3. The van der Waals surface area contributed by atoms with Gasteiger partial charge in [-0.2, -0.15) is 0 Å². The Bertz CT molecular complexity index is 566. The van der Waals surface area contributed by atoms with E-state index >= 15 is 0 Å². The van der Waals surface area contributed by atoms with Crippen molar-refractivity contribution in [3.05, 3.63) is 17.0 Å². The lowest BCUT2D eigenvalue weighted by Gasteiger charge is -2.28. The summed E-state index contributed by atoms with van der Waals surface area (Å²) in [5.74, 6) is 0.676. The zero-order valence-corrected chi connectivity index (χ0v) is 13.9. The van der Waals surface area contributed by atoms with Crippen molar-refractivity contribution < 1.29 is 14.1 Å². The summed E-state index contributed by atoms with van der Waals surface area (Å²) in [6.07, 6.45) is 4.70. The summed E-state index contributed by atoms with van der Waals surface area (Å²) < 4.78 is 5.14. The Kier molecular flexibility index (Phi) is 4.80. The average molecular weight is 319 g/mol. The molecule has 0 radical (unpaired) electrons. The van der Waals surface area contributed by atoms with Crippen molar-refractivity contribution in [2.75, 3.05) is 13.1 Å². The van der Waals surface area contributed by atoms with E-state index in [9.17, 15) is 9.59 Å². The molecule has 1 aromatic heterocycles. The largest absolute Gasteiger partial charge is 0.361 e. The number of aromatic nitrogens is 1. The maximum Gasteiger partial charge on any atom is 0.233 e. The van der Waals surface area contributed by atoms with Crippen molar-refractivity contribution in [2.45, 2.75) is 58.4 Å². The molecule has 1 N–H and O–H groups in total. The number of hydrogen-bond acceptors (Lipinski definition) is 5. The molecule has 0 spiro atoms. The fourth-order valence-electron chi connectivity index (χ4n) is 3.31. The van der Waals surface area contributed by atoms with E-state index in [1.807, 2.05) is 13.8 Å². The maximum absolute atomic E-state index is 12.8. The minimum absolute atomic E-state index is 0.0171. The Hall–Kier alpha value is -1.69. The van der Waals surface area contributed by atoms with Gasteiger partial charge in [0.15, 0.2) is 0 Å². The number of nitrogens with zero attached hydrogens (tertiary/aromatic N) is 2. The van der Waals surface area contributed by atoms with E-state index in [0.717, 1.165) is 49.2 Å². The highest BCUT2D eigenvalue weighted by Gasteiger charge is 2.39. The third kappa shape index (κ3) is 3.63. The van der Waals surface area contributed by atoms with Crippen LogP contribution in [-0.4, -0.2) is 41.0 Å². The highest BCUT2D eigenvalue weighted by atomic mass is 16.5. The van der Waals surface area contributed by atoms with Gasteiger partial charge in [-0.25, -0.2) is 0 Å². The fourth-order valence-corrected chi connectivity index (χ4v) is 3.31. The standard InChI is InChI=1S/C17H25N3O3/c1-11-15(12(2)23-19-11)7-8-16(21)20(14-5-6-14)17(22)13-4-3-9-18-10-13/h13-14,18H,3-10H2,1-2H3. The summed E-state index contributed by atoms with van der Waals surface area (Å²) in [7, 11) is 0. The van der Waals surface area contributed by atoms with Gasteiger partial charge in [0.25, 0.3) is 0 Å². The van der Waals surface area contributed by atoms with E-state index in [2.05, 4.69) is 10.5 Å². The van der Waals surface area contributed by atoms with Gasteiger partial charge in [-0.05, 0) is 52.5 Å². The van der Waals surface area contributed by atoms with Crippen molar-refractivity contribution in [1.82, 2.24) is 15.4 Å². The number of amides is 2. The highest BCUT2D eigenvalue weighted by Crippen LogP contribution is 2.30. The second kappa shape index (κ2) is 6.83. The van der Waals surface area contributed by atoms with Gasteiger partial charge >= 0.3 is 0 Å². The number of rotatable bonds is 5. The van der Waals surface area contributed by atoms with Gasteiger partial charge in [0.1, 0.15) is 5.76 Å². The van der Waals surface area contributed by atoms with Crippen LogP contribution in [-0.2, 0) is 16.0 Å². The molecule has 2 fully saturated rings. The number of carbonyl (C=O) groups is 2. The van der Waals surface area contributed by atoms with Crippen molar-refractivity contribution >= 4 is 11.8 Å². The minimum Gasteiger partial charge on any atom is -0.361 e. The molecule has 1 aliphatic heterocycles. The molecule has 1 saturated heterocycles. The van der Waals surface area contributed by atoms with Crippen molar-refractivity contribution in [3.63, 3.8) is 0 Å². The first-order chi connectivity index (χ1) is 11.1. The zero-order chi connectivity index (χ0) is 16.4. The lowest BCUT2D eigenvalue weighted by atomic mass is 9.97. The van der Waals surface area contributed by atoms with E-state index in [0.29, 0.717) is 19.4 Å². The Balaban J connectivity index is 1.63. The second-order valence-corrected chi connectivity index (χ2v) is 6.68. The summed E-state index contributed by atoms with van der Waals surface area (Å²) in [4.78, 5) is 27.0. The van der Waals surface area contributed by atoms with Gasteiger partial charge in [-0.15, -0.1) is 0 Å². The Labute approximate surface area is 136 Å². The minimum atomic E-state index is -0.0527. The molecule has 1 aromatic rings. The van der Waals surface area contributed by atoms with Crippen molar-refractivity contribution in [3.8, 4) is 0 Å². The van der Waals surface area contributed by atoms with Crippen LogP contribution in [0.1, 0.15) is 49.1 Å². The third-order valence-corrected chi connectivity index (χ3v) is 4.83. The van der Waals surface area contributed by atoms with Gasteiger partial charge in [0.05, 0.1) is 11.6 Å². The summed E-state index contributed by atoms with van der Waals surface area (Å²) in [6.45, 7) is 5.40. The van der Waals surface area contributed by atoms with Gasteiger partial charge in [-0.1, -0.05) is 5.16 Å². The number of piperidine rings is 1. The van der Waals surface area contributed by atoms with Crippen LogP contribution in [0.3, 0.4) is 0 Å². The molecule has 2 amide bonds. The number of hydrogen-bond donors (Lipinski definition) is 1. The van der Waals surface area contributed by atoms with E-state index in [-0.39, 0.29) is 23.8 Å². The van der Waals surface area contributed by atoms with Crippen LogP contribution in [0.5, 0.6) is 0 Å². The van der Waals surface area contributed by atoms with Crippen LogP contribution in [0.4, 0.5) is 0 Å². The van der Waals surface area contributed by atoms with Crippen molar-refractivity contribution in [1.29, 1.82) is 0 Å². The highest BCUT2D eigenvalue weighted by molar-refractivity contribution is 5.97. The Morgan fingerprint density at radius 3 is 2.65 bits per heavy atom. The first-order valence-corrected chi connectivity index (χ1v) is 8.56. The van der Waals surface area contributed by atoms with Crippen molar-refractivity contribution in [2.24, 2.45) is 5.92 Å². The quantitative estimate of drug-likeness (QED) is 0.895. The molecule has 3 rings (SSSR count). The fraction of sp³-hybridized carbons (Fsp3) is 0.706. The Morgan fingerprint density at radius 1 is 1.30 bits per heavy atom. The molecule has 126 valence electrons. The number of aryl methyl sites for hydroxylation is 2. The average Bonchev–Trinajstić information content (AvgIpc) is 3.33. The predicted octanol–water partition coefficient (Wildman–Crippen LogP) is 1.74. The lowest BCUT2D eigenvalue weighted by Crippen LogP contribution is -2.46. The molecule has 1 atom stereocenters. The monoisotopic (exact) mass is 319 g/mol. The van der Waals surface area contributed by atoms with Crippen LogP contribution in [0.2, 0.25) is 0 Å². The Morgan fingerprint density at radius 2 is 2.09 bits per heavy atom. The molecule has 6 heteroatoms. The van der Waals surface area contributed by atoms with Gasteiger partial charge in [-0.3, -0.25) is 14.5 Å². The summed E-state index contributed by atoms with van der Waals surface area (Å²) in [6, 6.07) is 0.126. The van der Waals surface area contributed by atoms with Crippen LogP contribution in [0.25, 0.3) is 0 Å². The molecule has 23 heavy (non-hydrogen) atoms. The van der Waals surface area contributed by atoms with E-state index in [4.69, 9.17) is 4.52 Å². The molecule has 2 heterocycles. The summed E-state index contributed by atoms with van der Waals surface area (Å²) in [5, 5.41) is 7.18. The smallest absolute Gasteiger partial charge is 0.233 e. The van der Waals surface area contributed by atoms with Crippen LogP contribution in [0, 0.1) is 19.8 Å². The zero-order valence-electron chi connectivity index (χ0n) is 13.9. The maximum atomic E-state index is 12.8. The molecule has 1 aliphatic carbocycles. The molecule has 6 nitrogen and oxygen atoms in total. The van der Waals surface area contributed by atoms with E-state index in [1.165, 1.54) is 0 Å². The SMILES string of the molecule is Cc1noc(C)c1CCC(=O)N(C(=O)C1CCCNC1)C1CC1. The predicted molar refractivity (Wildman–Crippen MR) is 84.8 cm³/mol. The normalized spacial score (nSPS) is 21.2. The number of nitrogens with one attached hydrogen (secondary N) is 1. The molecule has 1 saturated carbocycles. The molecule has 0 bridgehead atoms. The van der Waals surface area contributed by atoms with Gasteiger partial charge in [0.2, 0.25) is 11.8 Å². The molecule has 1 unspecified atom stereocenters. The van der Waals surface area contributed by atoms with Crippen LogP contribution in [0.15, 0.2) is 4.52 Å². The van der Waals surface area contributed by atoms with Crippen LogP contribution < -0.4 is 5.32 Å². The third-order valence-electron chi connectivity index (χ3n) is 4.83. The van der Waals surface area contributed by atoms with Gasteiger partial charge < -0.3 is 9.84 Å². The molecule has 0 aromatic carbocycles. The number of carbonyl (C=O) groups excluding carboxylic acids is 2. The summed E-state index contributed by atoms with van der Waals surface area (Å²) >= 11 is 0. The first-order valence-electron chi connectivity index (χ1n) is 8.56. The topological polar surface area (TPSA) is 75.4 Å². The second-order valence-electron chi connectivity index (χ2n) is 6.68. The van der Waals surface area contributed by atoms with E-state index < -0.39 is 0 Å². The first kappa shape index (κ1) is 16.2. The number of imide groups is 1. The summed E-state index contributed by atoms with van der Waals surface area (Å²) in [5.41, 5.74) is 1.82.